The first kappa shape index (κ1) is 11.0. The molecule has 2 aromatic rings. The fourth-order valence-electron chi connectivity index (χ4n) is 1.36. The Morgan fingerprint density at radius 1 is 0.733 bits per heavy atom. The van der Waals surface area contributed by atoms with Gasteiger partial charge in [0.25, 0.3) is 0 Å². The van der Waals surface area contributed by atoms with Gasteiger partial charge < -0.3 is 0 Å². The maximum absolute atomic E-state index is 4.26. The van der Waals surface area contributed by atoms with Crippen LogP contribution in [0.3, 0.4) is 0 Å². The lowest BCUT2D eigenvalue weighted by molar-refractivity contribution is 1.44. The fourth-order valence-corrected chi connectivity index (χ4v) is 2.13. The predicted octanol–water partition coefficient (Wildman–Crippen LogP) is 4.58. The molecule has 0 saturated carbocycles. The smallest absolute Gasteiger partial charge is 0.0180 e. The third kappa shape index (κ3) is 2.74. The minimum Gasteiger partial charge on any atom is -0.143 e. The van der Waals surface area contributed by atoms with E-state index in [0.29, 0.717) is 0 Å². The Labute approximate surface area is 104 Å². The molecular formula is C12H10S3. The summed E-state index contributed by atoms with van der Waals surface area (Å²) < 4.78 is 0. The maximum atomic E-state index is 4.26. The molecule has 0 nitrogen and oxygen atoms in total. The van der Waals surface area contributed by atoms with Crippen molar-refractivity contribution in [2.75, 3.05) is 0 Å². The minimum atomic E-state index is 0.987. The minimum absolute atomic E-state index is 0.987. The van der Waals surface area contributed by atoms with E-state index >= 15 is 0 Å². The van der Waals surface area contributed by atoms with Gasteiger partial charge in [-0.05, 0) is 35.4 Å². The molecule has 0 unspecified atom stereocenters. The summed E-state index contributed by atoms with van der Waals surface area (Å²) in [5.41, 5.74) is 2.43. The zero-order chi connectivity index (χ0) is 10.7. The first-order valence-electron chi connectivity index (χ1n) is 4.50. The van der Waals surface area contributed by atoms with E-state index < -0.39 is 0 Å². The van der Waals surface area contributed by atoms with Crippen LogP contribution in [0.4, 0.5) is 0 Å². The summed E-state index contributed by atoms with van der Waals surface area (Å²) in [6, 6.07) is 16.5. The molecule has 0 aliphatic carbocycles. The van der Waals surface area contributed by atoms with Crippen molar-refractivity contribution in [3.63, 3.8) is 0 Å². The van der Waals surface area contributed by atoms with Crippen LogP contribution >= 0.6 is 35.1 Å². The van der Waals surface area contributed by atoms with E-state index in [1.807, 2.05) is 12.1 Å². The van der Waals surface area contributed by atoms with Crippen LogP contribution in [-0.4, -0.2) is 0 Å². The van der Waals surface area contributed by atoms with Crippen molar-refractivity contribution in [3.05, 3.63) is 48.5 Å². The van der Waals surface area contributed by atoms with Crippen molar-refractivity contribution in [2.24, 2.45) is 0 Å². The Hall–Kier alpha value is -0.510. The van der Waals surface area contributed by atoms with Crippen LogP contribution in [0.25, 0.3) is 11.1 Å². The third-order valence-electron chi connectivity index (χ3n) is 2.16. The topological polar surface area (TPSA) is 0 Å². The second-order valence-corrected chi connectivity index (χ2v) is 4.88. The van der Waals surface area contributed by atoms with Gasteiger partial charge in [0.2, 0.25) is 0 Å². The molecule has 0 bridgehead atoms. The average Bonchev–Trinajstić information content (AvgIpc) is 2.30. The van der Waals surface area contributed by atoms with E-state index in [2.05, 4.69) is 60.7 Å². The normalized spacial score (nSPS) is 10.3. The van der Waals surface area contributed by atoms with Crippen LogP contribution in [0.5, 0.6) is 0 Å². The fraction of sp³-hybridized carbons (Fsp3) is 0. The summed E-state index contributed by atoms with van der Waals surface area (Å²) in [5.74, 6) is 0. The van der Waals surface area contributed by atoms with Crippen LogP contribution in [0.1, 0.15) is 0 Å². The van der Waals surface area contributed by atoms with Crippen LogP contribution in [-0.2, 0) is 0 Å². The molecule has 76 valence electrons. The van der Waals surface area contributed by atoms with Gasteiger partial charge in [0.05, 0.1) is 0 Å². The predicted molar refractivity (Wildman–Crippen MR) is 74.0 cm³/mol. The molecule has 0 saturated heterocycles. The highest BCUT2D eigenvalue weighted by atomic mass is 33.1. The lowest BCUT2D eigenvalue weighted by atomic mass is 10.1. The molecule has 0 aliphatic rings. The summed E-state index contributed by atoms with van der Waals surface area (Å²) in [5, 5.41) is 0. The molecule has 0 aliphatic heterocycles. The molecule has 2 rings (SSSR count). The summed E-state index contributed by atoms with van der Waals surface area (Å²) in [6.45, 7) is 0. The maximum Gasteiger partial charge on any atom is 0.0180 e. The van der Waals surface area contributed by atoms with Gasteiger partial charge in [-0.3, -0.25) is 0 Å². The Morgan fingerprint density at radius 2 is 1.20 bits per heavy atom. The van der Waals surface area contributed by atoms with Crippen LogP contribution in [0.15, 0.2) is 58.3 Å². The van der Waals surface area contributed by atoms with Gasteiger partial charge in [0.1, 0.15) is 0 Å². The lowest BCUT2D eigenvalue weighted by Crippen LogP contribution is -1.77. The van der Waals surface area contributed by atoms with E-state index in [1.165, 1.54) is 21.9 Å². The van der Waals surface area contributed by atoms with Crippen molar-refractivity contribution >= 4 is 35.1 Å². The number of thiol groups is 2. The molecule has 3 heteroatoms. The molecule has 0 aromatic heterocycles. The molecule has 15 heavy (non-hydrogen) atoms. The van der Waals surface area contributed by atoms with Gasteiger partial charge in [-0.15, -0.1) is 24.3 Å². The molecule has 0 fully saturated rings. The highest BCUT2D eigenvalue weighted by molar-refractivity contribution is 8.68. The highest BCUT2D eigenvalue weighted by Crippen LogP contribution is 2.26. The first-order valence-corrected chi connectivity index (χ1v) is 6.82. The summed E-state index contributed by atoms with van der Waals surface area (Å²) >= 11 is 8.41. The van der Waals surface area contributed by atoms with E-state index in [0.717, 1.165) is 9.79 Å². The lowest BCUT2D eigenvalue weighted by Gasteiger charge is -2.02. The molecule has 0 heterocycles. The Balaban J connectivity index is 2.33. The number of hydrogen-bond donors (Lipinski definition) is 2. The summed E-state index contributed by atoms with van der Waals surface area (Å²) in [4.78, 5) is 2.15. The van der Waals surface area contributed by atoms with Gasteiger partial charge in [-0.25, -0.2) is 0 Å². The molecule has 0 atom stereocenters. The van der Waals surface area contributed by atoms with Crippen molar-refractivity contribution < 1.29 is 0 Å². The Kier molecular flexibility index (Phi) is 3.67. The second-order valence-electron chi connectivity index (χ2n) is 3.16. The van der Waals surface area contributed by atoms with Crippen LogP contribution < -0.4 is 0 Å². The third-order valence-corrected chi connectivity index (χ3v) is 3.57. The number of hydrogen-bond acceptors (Lipinski definition) is 3. The van der Waals surface area contributed by atoms with Crippen molar-refractivity contribution in [2.45, 2.75) is 9.79 Å². The molecular weight excluding hydrogens is 240 g/mol. The monoisotopic (exact) mass is 250 g/mol. The molecule has 0 N–H and O–H groups in total. The van der Waals surface area contributed by atoms with Crippen molar-refractivity contribution in [3.8, 4) is 11.1 Å². The van der Waals surface area contributed by atoms with E-state index in [1.54, 1.807) is 0 Å². The standard InChI is InChI=1S/C12H10S3/c13-11-5-1-9(2-6-11)10-3-7-12(15-14)8-4-10/h1-8,13-14H. The molecule has 0 radical (unpaired) electrons. The molecule has 0 spiro atoms. The van der Waals surface area contributed by atoms with Crippen molar-refractivity contribution in [1.82, 2.24) is 0 Å². The molecule has 0 amide bonds. The van der Waals surface area contributed by atoms with E-state index in [4.69, 9.17) is 0 Å². The van der Waals surface area contributed by atoms with Gasteiger partial charge in [-0.1, -0.05) is 35.1 Å². The second kappa shape index (κ2) is 5.01. The van der Waals surface area contributed by atoms with Crippen LogP contribution in [0.2, 0.25) is 0 Å². The SMILES string of the molecule is SSc1ccc(-c2ccc(S)cc2)cc1. The first-order chi connectivity index (χ1) is 7.29. The summed E-state index contributed by atoms with van der Waals surface area (Å²) in [7, 11) is 1.46. The van der Waals surface area contributed by atoms with E-state index in [-0.39, 0.29) is 0 Å². The zero-order valence-corrected chi connectivity index (χ0v) is 10.5. The molecule has 2 aromatic carbocycles. The number of benzene rings is 2. The van der Waals surface area contributed by atoms with Gasteiger partial charge in [-0.2, -0.15) is 0 Å². The van der Waals surface area contributed by atoms with Crippen molar-refractivity contribution in [1.29, 1.82) is 0 Å². The largest absolute Gasteiger partial charge is 0.143 e. The van der Waals surface area contributed by atoms with Gasteiger partial charge >= 0.3 is 0 Å². The van der Waals surface area contributed by atoms with Gasteiger partial charge in [0.15, 0.2) is 0 Å². The summed E-state index contributed by atoms with van der Waals surface area (Å²) in [6.07, 6.45) is 0. The van der Waals surface area contributed by atoms with E-state index in [9.17, 15) is 0 Å². The number of rotatable bonds is 2. The average molecular weight is 250 g/mol. The quantitative estimate of drug-likeness (QED) is 0.581. The van der Waals surface area contributed by atoms with Gasteiger partial charge in [0, 0.05) is 9.79 Å². The Morgan fingerprint density at radius 3 is 1.67 bits per heavy atom. The van der Waals surface area contributed by atoms with Crippen LogP contribution in [0, 0.1) is 0 Å². The zero-order valence-electron chi connectivity index (χ0n) is 7.92. The highest BCUT2D eigenvalue weighted by Gasteiger charge is 1.97. The Bertz CT molecular complexity index is 431.